The maximum atomic E-state index is 12.7. The molecule has 0 amide bonds. The molecule has 0 bridgehead atoms. The van der Waals surface area contributed by atoms with Gasteiger partial charge in [0.25, 0.3) is 11.1 Å². The predicted octanol–water partition coefficient (Wildman–Crippen LogP) is 2.21. The van der Waals surface area contributed by atoms with Crippen molar-refractivity contribution in [2.45, 2.75) is 6.54 Å². The van der Waals surface area contributed by atoms with Crippen LogP contribution in [0.4, 0.5) is 11.9 Å². The van der Waals surface area contributed by atoms with E-state index in [9.17, 15) is 14.4 Å². The van der Waals surface area contributed by atoms with Gasteiger partial charge in [0.2, 0.25) is 11.9 Å². The molecule has 5 aromatic rings. The molecule has 0 aliphatic rings. The van der Waals surface area contributed by atoms with Gasteiger partial charge in [-0.1, -0.05) is 40.2 Å². The fraction of sp³-hybridized carbons (Fsp3) is 0.0952. The number of anilines is 2. The minimum Gasteiger partial charge on any atom is -0.300 e. The van der Waals surface area contributed by atoms with Gasteiger partial charge in [0.1, 0.15) is 0 Å². The summed E-state index contributed by atoms with van der Waals surface area (Å²) in [6.07, 6.45) is 0. The Kier molecular flexibility index (Phi) is 4.74. The minimum absolute atomic E-state index is 0.168. The predicted molar refractivity (Wildman–Crippen MR) is 124 cm³/mol. The molecule has 0 aliphatic heterocycles. The Labute approximate surface area is 187 Å². The summed E-state index contributed by atoms with van der Waals surface area (Å²) in [5.41, 5.74) is 0.403. The molecule has 0 radical (unpaired) electrons. The Morgan fingerprint density at radius 1 is 1.00 bits per heavy atom. The lowest BCUT2D eigenvalue weighted by Gasteiger charge is -2.11. The van der Waals surface area contributed by atoms with Crippen molar-refractivity contribution in [1.29, 1.82) is 0 Å². The molecule has 5 rings (SSSR count). The molecule has 32 heavy (non-hydrogen) atoms. The Morgan fingerprint density at radius 2 is 1.81 bits per heavy atom. The highest BCUT2D eigenvalue weighted by Gasteiger charge is 2.19. The van der Waals surface area contributed by atoms with Gasteiger partial charge in [-0.3, -0.25) is 34.0 Å². The highest BCUT2D eigenvalue weighted by atomic mass is 79.9. The number of hydrogen-bond acceptors (Lipinski definition) is 6. The summed E-state index contributed by atoms with van der Waals surface area (Å²) in [4.78, 5) is 51.2. The van der Waals surface area contributed by atoms with Crippen molar-refractivity contribution in [2.75, 3.05) is 5.32 Å². The van der Waals surface area contributed by atoms with Crippen molar-refractivity contribution in [3.63, 3.8) is 0 Å². The minimum atomic E-state index is -0.571. The number of halogens is 1. The second-order valence-electron chi connectivity index (χ2n) is 7.20. The van der Waals surface area contributed by atoms with Gasteiger partial charge in [-0.2, -0.15) is 4.98 Å². The number of aromatic amines is 2. The summed E-state index contributed by atoms with van der Waals surface area (Å²) in [7, 11) is 1.52. The summed E-state index contributed by atoms with van der Waals surface area (Å²) in [6, 6.07) is 14.6. The van der Waals surface area contributed by atoms with Gasteiger partial charge in [-0.15, -0.1) is 0 Å². The Morgan fingerprint density at radius 3 is 2.62 bits per heavy atom. The monoisotopic (exact) mass is 493 g/mol. The van der Waals surface area contributed by atoms with Crippen molar-refractivity contribution < 1.29 is 0 Å². The van der Waals surface area contributed by atoms with Crippen molar-refractivity contribution in [3.8, 4) is 0 Å². The molecule has 11 heteroatoms. The maximum absolute atomic E-state index is 12.7. The molecule has 0 aliphatic carbocycles. The topological polar surface area (TPSA) is 130 Å². The zero-order valence-electron chi connectivity index (χ0n) is 16.7. The molecule has 160 valence electrons. The van der Waals surface area contributed by atoms with E-state index < -0.39 is 11.2 Å². The molecule has 10 nitrogen and oxygen atoms in total. The zero-order valence-corrected chi connectivity index (χ0v) is 18.3. The molecule has 0 spiro atoms. The first kappa shape index (κ1) is 19.9. The van der Waals surface area contributed by atoms with Gasteiger partial charge >= 0.3 is 5.69 Å². The summed E-state index contributed by atoms with van der Waals surface area (Å²) >= 11 is 3.45. The smallest absolute Gasteiger partial charge is 0.300 e. The van der Waals surface area contributed by atoms with Gasteiger partial charge in [0, 0.05) is 11.5 Å². The van der Waals surface area contributed by atoms with Crippen LogP contribution in [0, 0.1) is 0 Å². The number of nitrogens with zero attached hydrogens (tertiary/aromatic N) is 4. The number of imidazole rings is 1. The lowest BCUT2D eigenvalue weighted by molar-refractivity contribution is 0.810. The van der Waals surface area contributed by atoms with Crippen LogP contribution in [-0.2, 0) is 13.6 Å². The molecule has 3 aromatic heterocycles. The normalized spacial score (nSPS) is 11.3. The van der Waals surface area contributed by atoms with Crippen LogP contribution in [0.25, 0.3) is 22.1 Å². The summed E-state index contributed by atoms with van der Waals surface area (Å²) in [5.74, 6) is 0.422. The van der Waals surface area contributed by atoms with E-state index in [0.717, 1.165) is 10.0 Å². The Hall–Kier alpha value is -3.99. The number of rotatable bonds is 4. The Bertz CT molecular complexity index is 1680. The molecule has 3 heterocycles. The molecule has 0 saturated heterocycles. The van der Waals surface area contributed by atoms with Crippen LogP contribution in [0.2, 0.25) is 0 Å². The number of para-hydroxylation sites is 1. The number of fused-ring (bicyclic) bond motifs is 2. The van der Waals surface area contributed by atoms with Crippen LogP contribution in [0.5, 0.6) is 0 Å². The van der Waals surface area contributed by atoms with Crippen LogP contribution in [0.3, 0.4) is 0 Å². The number of hydrogen-bond donors (Lipinski definition) is 3. The van der Waals surface area contributed by atoms with Crippen molar-refractivity contribution >= 4 is 49.9 Å². The number of benzene rings is 2. The first-order valence-corrected chi connectivity index (χ1v) is 10.4. The quantitative estimate of drug-likeness (QED) is 0.351. The second-order valence-corrected chi connectivity index (χ2v) is 8.11. The van der Waals surface area contributed by atoms with E-state index in [4.69, 9.17) is 0 Å². The highest BCUT2D eigenvalue weighted by Crippen LogP contribution is 2.21. The molecule has 0 saturated carbocycles. The SMILES string of the molecule is Cn1c(=O)[nH]c(=O)c2c1nc(Nc1nc3ccccc3c(=O)[nH]1)n2Cc1cccc(Br)c1. The first-order chi connectivity index (χ1) is 15.4. The summed E-state index contributed by atoms with van der Waals surface area (Å²) in [5, 5.41) is 3.47. The molecule has 2 aromatic carbocycles. The van der Waals surface area contributed by atoms with Crippen LogP contribution >= 0.6 is 15.9 Å². The first-order valence-electron chi connectivity index (χ1n) is 9.61. The molecular weight excluding hydrogens is 478 g/mol. The van der Waals surface area contributed by atoms with Gasteiger partial charge in [0.05, 0.1) is 17.4 Å². The third-order valence-corrected chi connectivity index (χ3v) is 5.57. The average Bonchev–Trinajstić information content (AvgIpc) is 3.10. The average molecular weight is 494 g/mol. The van der Waals surface area contributed by atoms with E-state index in [1.165, 1.54) is 11.6 Å². The largest absolute Gasteiger partial charge is 0.329 e. The van der Waals surface area contributed by atoms with E-state index in [1.54, 1.807) is 28.8 Å². The van der Waals surface area contributed by atoms with Crippen molar-refractivity contribution in [2.24, 2.45) is 7.05 Å². The van der Waals surface area contributed by atoms with Gasteiger partial charge in [-0.25, -0.2) is 9.78 Å². The maximum Gasteiger partial charge on any atom is 0.329 e. The van der Waals surface area contributed by atoms with Gasteiger partial charge < -0.3 is 0 Å². The zero-order chi connectivity index (χ0) is 22.4. The van der Waals surface area contributed by atoms with Crippen LogP contribution in [0.1, 0.15) is 5.56 Å². The standard InChI is InChI=1S/C21H16BrN7O3/c1-28-16-15(18(31)26-21(28)32)29(10-11-5-4-6-12(22)9-11)20(24-16)27-19-23-14-8-3-2-7-13(14)17(30)25-19/h2-9H,10H2,1H3,(H,26,31,32)(H2,23,24,25,27,30). The Balaban J connectivity index is 1.71. The van der Waals surface area contributed by atoms with Gasteiger partial charge in [0.15, 0.2) is 11.2 Å². The number of nitrogens with one attached hydrogen (secondary N) is 3. The van der Waals surface area contributed by atoms with E-state index in [2.05, 4.69) is 41.2 Å². The molecule has 3 N–H and O–H groups in total. The summed E-state index contributed by atoms with van der Waals surface area (Å²) in [6.45, 7) is 0.289. The van der Waals surface area contributed by atoms with Crippen LogP contribution in [0.15, 0.2) is 67.4 Å². The van der Waals surface area contributed by atoms with E-state index in [1.807, 2.05) is 24.3 Å². The molecule has 0 fully saturated rings. The van der Waals surface area contributed by atoms with Crippen molar-refractivity contribution in [1.82, 2.24) is 29.1 Å². The van der Waals surface area contributed by atoms with E-state index in [-0.39, 0.29) is 35.2 Å². The molecule has 0 unspecified atom stereocenters. The van der Waals surface area contributed by atoms with Crippen LogP contribution < -0.4 is 22.1 Å². The lowest BCUT2D eigenvalue weighted by Crippen LogP contribution is -2.29. The third kappa shape index (κ3) is 3.42. The summed E-state index contributed by atoms with van der Waals surface area (Å²) < 4.78 is 3.79. The lowest BCUT2D eigenvalue weighted by atomic mass is 10.2. The van der Waals surface area contributed by atoms with Crippen molar-refractivity contribution in [3.05, 3.63) is 89.8 Å². The second kappa shape index (κ2) is 7.61. The van der Waals surface area contributed by atoms with E-state index in [0.29, 0.717) is 10.9 Å². The van der Waals surface area contributed by atoms with Gasteiger partial charge in [-0.05, 0) is 29.8 Å². The highest BCUT2D eigenvalue weighted by molar-refractivity contribution is 9.10. The van der Waals surface area contributed by atoms with Crippen LogP contribution in [-0.4, -0.2) is 29.1 Å². The number of H-pyrrole nitrogens is 2. The fourth-order valence-corrected chi connectivity index (χ4v) is 4.00. The fourth-order valence-electron chi connectivity index (χ4n) is 3.55. The molecule has 0 atom stereocenters. The number of aromatic nitrogens is 6. The third-order valence-electron chi connectivity index (χ3n) is 5.08. The number of aryl methyl sites for hydroxylation is 1. The molecular formula is C21H16BrN7O3. The van der Waals surface area contributed by atoms with E-state index >= 15 is 0 Å².